The Morgan fingerprint density at radius 2 is 1.85 bits per heavy atom. The normalized spacial score (nSPS) is 18.2. The van der Waals surface area contributed by atoms with E-state index < -0.39 is 0 Å². The molecule has 0 atom stereocenters. The molecule has 178 valence electrons. The predicted octanol–water partition coefficient (Wildman–Crippen LogP) is 3.98. The van der Waals surface area contributed by atoms with Gasteiger partial charge in [0, 0.05) is 50.4 Å². The van der Waals surface area contributed by atoms with Crippen molar-refractivity contribution in [1.82, 2.24) is 14.7 Å². The highest BCUT2D eigenvalue weighted by Crippen LogP contribution is 2.33. The smallest absolute Gasteiger partial charge is 0.293 e. The van der Waals surface area contributed by atoms with Crippen LogP contribution < -0.4 is 0 Å². The molecule has 34 heavy (non-hydrogen) atoms. The first kappa shape index (κ1) is 24.5. The van der Waals surface area contributed by atoms with E-state index in [4.69, 9.17) is 16.3 Å². The average Bonchev–Trinajstić information content (AvgIpc) is 3.10. The van der Waals surface area contributed by atoms with Crippen LogP contribution in [0.25, 0.3) is 6.08 Å². The van der Waals surface area contributed by atoms with Crippen molar-refractivity contribution in [1.29, 1.82) is 0 Å². The van der Waals surface area contributed by atoms with Crippen molar-refractivity contribution in [3.8, 4) is 0 Å². The summed E-state index contributed by atoms with van der Waals surface area (Å²) in [6, 6.07) is 14.3. The second-order valence-electron chi connectivity index (χ2n) is 8.15. The third-order valence-electron chi connectivity index (χ3n) is 5.81. The lowest BCUT2D eigenvalue weighted by Crippen LogP contribution is -2.49. The number of carbonyl (C=O) groups is 3. The number of benzene rings is 2. The third kappa shape index (κ3) is 5.88. The van der Waals surface area contributed by atoms with E-state index in [1.807, 2.05) is 17.0 Å². The molecular formula is C25H26ClN3O4S. The van der Waals surface area contributed by atoms with Crippen LogP contribution >= 0.6 is 23.4 Å². The van der Waals surface area contributed by atoms with Crippen LogP contribution in [0.1, 0.15) is 21.5 Å². The quantitative estimate of drug-likeness (QED) is 0.537. The van der Waals surface area contributed by atoms with Crippen molar-refractivity contribution < 1.29 is 19.1 Å². The monoisotopic (exact) mass is 499 g/mol. The van der Waals surface area contributed by atoms with E-state index in [0.717, 1.165) is 37.0 Å². The van der Waals surface area contributed by atoms with Crippen LogP contribution in [0.4, 0.5) is 4.79 Å². The highest BCUT2D eigenvalue weighted by molar-refractivity contribution is 8.18. The van der Waals surface area contributed by atoms with Crippen LogP contribution in [-0.2, 0) is 16.1 Å². The number of ether oxygens (including phenoxy) is 1. The van der Waals surface area contributed by atoms with Crippen molar-refractivity contribution in [3.05, 3.63) is 75.1 Å². The zero-order valence-electron chi connectivity index (χ0n) is 18.9. The molecular weight excluding hydrogens is 474 g/mol. The summed E-state index contributed by atoms with van der Waals surface area (Å²) >= 11 is 6.92. The van der Waals surface area contributed by atoms with E-state index in [9.17, 15) is 14.4 Å². The number of thioether (sulfide) groups is 1. The summed E-state index contributed by atoms with van der Waals surface area (Å²) in [5, 5.41) is 0.229. The highest BCUT2D eigenvalue weighted by Gasteiger charge is 2.35. The molecule has 0 saturated carbocycles. The molecule has 2 aromatic carbocycles. The number of carbonyl (C=O) groups excluding carboxylic acids is 3. The van der Waals surface area contributed by atoms with Crippen LogP contribution in [0, 0.1) is 0 Å². The van der Waals surface area contributed by atoms with E-state index in [0.29, 0.717) is 40.8 Å². The van der Waals surface area contributed by atoms with E-state index in [1.54, 1.807) is 49.6 Å². The Morgan fingerprint density at radius 3 is 2.59 bits per heavy atom. The predicted molar refractivity (Wildman–Crippen MR) is 134 cm³/mol. The van der Waals surface area contributed by atoms with Crippen LogP contribution in [0.15, 0.2) is 53.4 Å². The molecule has 9 heteroatoms. The second-order valence-corrected chi connectivity index (χ2v) is 9.58. The standard InChI is InChI=1S/C25H26ClN3O4S/c1-33-13-12-27-8-10-28(11-9-27)23(30)20-6-2-4-18(14-20)16-22-24(31)29(25(32)34-22)17-19-5-3-7-21(26)15-19/h2-7,14-16H,8-13,17H2,1H3/b22-16-. The van der Waals surface area contributed by atoms with Gasteiger partial charge >= 0.3 is 0 Å². The fourth-order valence-corrected chi connectivity index (χ4v) is 5.00. The Bertz CT molecular complexity index is 1110. The van der Waals surface area contributed by atoms with Gasteiger partial charge in [-0.2, -0.15) is 0 Å². The summed E-state index contributed by atoms with van der Waals surface area (Å²) in [5.74, 6) is -0.380. The Kier molecular flexibility index (Phi) is 8.05. The fraction of sp³-hybridized carbons (Fsp3) is 0.320. The first-order valence-corrected chi connectivity index (χ1v) is 12.2. The summed E-state index contributed by atoms with van der Waals surface area (Å²) < 4.78 is 5.13. The summed E-state index contributed by atoms with van der Waals surface area (Å²) in [6.07, 6.45) is 1.67. The Labute approximate surface area is 208 Å². The molecule has 0 unspecified atom stereocenters. The van der Waals surface area contributed by atoms with Gasteiger partial charge in [0.25, 0.3) is 17.1 Å². The molecule has 3 amide bonds. The minimum atomic E-state index is -0.348. The van der Waals surface area contributed by atoms with Gasteiger partial charge in [-0.05, 0) is 53.2 Å². The molecule has 0 aromatic heterocycles. The Hall–Kier alpha value is -2.65. The van der Waals surface area contributed by atoms with Crippen molar-refractivity contribution >= 4 is 46.5 Å². The molecule has 2 aliphatic rings. The molecule has 0 radical (unpaired) electrons. The molecule has 0 bridgehead atoms. The zero-order valence-corrected chi connectivity index (χ0v) is 20.5. The maximum absolute atomic E-state index is 13.0. The SMILES string of the molecule is COCCN1CCN(C(=O)c2cccc(/C=C3\SC(=O)N(Cc4cccc(Cl)c4)C3=O)c2)CC1. The number of piperazine rings is 1. The van der Waals surface area contributed by atoms with E-state index in [2.05, 4.69) is 4.90 Å². The van der Waals surface area contributed by atoms with Gasteiger partial charge in [0.2, 0.25) is 0 Å². The minimum absolute atomic E-state index is 0.0318. The molecule has 2 saturated heterocycles. The maximum Gasteiger partial charge on any atom is 0.293 e. The second kappa shape index (κ2) is 11.2. The van der Waals surface area contributed by atoms with Gasteiger partial charge in [-0.3, -0.25) is 24.2 Å². The number of methoxy groups -OCH3 is 1. The van der Waals surface area contributed by atoms with Crippen LogP contribution in [0.5, 0.6) is 0 Å². The van der Waals surface area contributed by atoms with Gasteiger partial charge < -0.3 is 9.64 Å². The van der Waals surface area contributed by atoms with Gasteiger partial charge in [0.1, 0.15) is 0 Å². The molecule has 2 aliphatic heterocycles. The van der Waals surface area contributed by atoms with Gasteiger partial charge in [0.15, 0.2) is 0 Å². The number of hydrogen-bond acceptors (Lipinski definition) is 6. The lowest BCUT2D eigenvalue weighted by molar-refractivity contribution is -0.123. The molecule has 4 rings (SSSR count). The number of nitrogens with zero attached hydrogens (tertiary/aromatic N) is 3. The first-order chi connectivity index (χ1) is 16.4. The fourth-order valence-electron chi connectivity index (χ4n) is 3.94. The van der Waals surface area contributed by atoms with Gasteiger partial charge in [-0.15, -0.1) is 0 Å². The van der Waals surface area contributed by atoms with E-state index in [-0.39, 0.29) is 23.6 Å². The zero-order chi connectivity index (χ0) is 24.1. The van der Waals surface area contributed by atoms with Crippen LogP contribution in [0.2, 0.25) is 5.02 Å². The molecule has 0 aliphatic carbocycles. The van der Waals surface area contributed by atoms with Crippen molar-refractivity contribution in [3.63, 3.8) is 0 Å². The Balaban J connectivity index is 1.42. The number of rotatable bonds is 7. The van der Waals surface area contributed by atoms with Gasteiger partial charge in [0.05, 0.1) is 18.1 Å². The lowest BCUT2D eigenvalue weighted by Gasteiger charge is -2.34. The number of hydrogen-bond donors (Lipinski definition) is 0. The minimum Gasteiger partial charge on any atom is -0.383 e. The summed E-state index contributed by atoms with van der Waals surface area (Å²) in [5.41, 5.74) is 2.06. The van der Waals surface area contributed by atoms with Gasteiger partial charge in [-0.1, -0.05) is 35.9 Å². The third-order valence-corrected chi connectivity index (χ3v) is 6.95. The van der Waals surface area contributed by atoms with Gasteiger partial charge in [-0.25, -0.2) is 0 Å². The van der Waals surface area contributed by atoms with Crippen LogP contribution in [-0.4, -0.2) is 78.2 Å². The topological polar surface area (TPSA) is 70.2 Å². The van der Waals surface area contributed by atoms with Crippen molar-refractivity contribution in [2.75, 3.05) is 46.4 Å². The summed E-state index contributed by atoms with van der Waals surface area (Å²) in [7, 11) is 1.69. The Morgan fingerprint density at radius 1 is 1.09 bits per heavy atom. The molecule has 2 fully saturated rings. The molecule has 0 N–H and O–H groups in total. The maximum atomic E-state index is 13.0. The average molecular weight is 500 g/mol. The lowest BCUT2D eigenvalue weighted by atomic mass is 10.1. The summed E-state index contributed by atoms with van der Waals surface area (Å²) in [6.45, 7) is 4.66. The van der Waals surface area contributed by atoms with Crippen LogP contribution in [0.3, 0.4) is 0 Å². The van der Waals surface area contributed by atoms with E-state index in [1.165, 1.54) is 4.90 Å². The molecule has 2 aromatic rings. The largest absolute Gasteiger partial charge is 0.383 e. The molecule has 2 heterocycles. The number of halogens is 1. The number of amides is 3. The summed E-state index contributed by atoms with van der Waals surface area (Å²) in [4.78, 5) is 44.0. The number of imide groups is 1. The molecule has 0 spiro atoms. The highest BCUT2D eigenvalue weighted by atomic mass is 35.5. The first-order valence-electron chi connectivity index (χ1n) is 11.0. The van der Waals surface area contributed by atoms with E-state index >= 15 is 0 Å². The van der Waals surface area contributed by atoms with Crippen molar-refractivity contribution in [2.24, 2.45) is 0 Å². The molecule has 7 nitrogen and oxygen atoms in total. The van der Waals surface area contributed by atoms with Crippen molar-refractivity contribution in [2.45, 2.75) is 6.54 Å².